The van der Waals surface area contributed by atoms with Crippen molar-refractivity contribution in [3.05, 3.63) is 120 Å². The molecule has 0 bridgehead atoms. The summed E-state index contributed by atoms with van der Waals surface area (Å²) in [6.45, 7) is 1.87. The Morgan fingerprint density at radius 2 is 1.58 bits per heavy atom. The standard InChI is InChI=1S/C31H28N2O3/c1-2-26-30(32-33(24-15-7-4-8-16-24)31(26)22-12-5-3-6-13-22)28-19-10-9-18-27(28)23-14-11-17-25(20-23)36-21-29(34)35/h3-20,26,30-31H,2,21H2,1H3/p+1. The van der Waals surface area contributed by atoms with Crippen LogP contribution in [0.4, 0.5) is 5.69 Å². The summed E-state index contributed by atoms with van der Waals surface area (Å²) in [5.41, 5.74) is 5.54. The summed E-state index contributed by atoms with van der Waals surface area (Å²) in [4.78, 5) is 11.0. The minimum absolute atomic E-state index is 0.0415. The lowest BCUT2D eigenvalue weighted by Crippen LogP contribution is -2.18. The maximum atomic E-state index is 11.0. The van der Waals surface area contributed by atoms with Gasteiger partial charge in [0.2, 0.25) is 11.7 Å². The number of hydrogen-bond donors (Lipinski definition) is 1. The van der Waals surface area contributed by atoms with Crippen molar-refractivity contribution >= 4 is 11.7 Å². The second-order valence-electron chi connectivity index (χ2n) is 8.97. The molecule has 1 aliphatic heterocycles. The number of carbonyl (C=O) groups is 1. The monoisotopic (exact) mass is 477 g/mol. The van der Waals surface area contributed by atoms with Crippen molar-refractivity contribution in [2.75, 3.05) is 6.61 Å². The van der Waals surface area contributed by atoms with Crippen molar-refractivity contribution < 1.29 is 19.3 Å². The zero-order valence-electron chi connectivity index (χ0n) is 20.2. The van der Waals surface area contributed by atoms with Gasteiger partial charge in [-0.25, -0.2) is 4.79 Å². The highest BCUT2D eigenvalue weighted by atomic mass is 16.5. The Morgan fingerprint density at radius 1 is 0.889 bits per heavy atom. The van der Waals surface area contributed by atoms with Gasteiger partial charge in [0.1, 0.15) is 11.8 Å². The van der Waals surface area contributed by atoms with Crippen molar-refractivity contribution in [2.24, 2.45) is 11.0 Å². The van der Waals surface area contributed by atoms with Crippen molar-refractivity contribution in [2.45, 2.75) is 25.4 Å². The smallest absolute Gasteiger partial charge is 0.341 e. The highest BCUT2D eigenvalue weighted by Gasteiger charge is 2.47. The molecule has 1 heterocycles. The van der Waals surface area contributed by atoms with E-state index in [4.69, 9.17) is 15.0 Å². The minimum Gasteiger partial charge on any atom is -0.482 e. The van der Waals surface area contributed by atoms with E-state index in [-0.39, 0.29) is 24.6 Å². The van der Waals surface area contributed by atoms with Crippen LogP contribution in [0.1, 0.15) is 36.6 Å². The molecule has 0 saturated heterocycles. The zero-order valence-corrected chi connectivity index (χ0v) is 20.2. The summed E-state index contributed by atoms with van der Waals surface area (Å²) in [5.74, 6) is -0.197. The molecule has 36 heavy (non-hydrogen) atoms. The number of carboxylic acids is 1. The summed E-state index contributed by atoms with van der Waals surface area (Å²) in [6.07, 6.45) is 0.965. The SMILES string of the molecule is CCC1C(c2ccccc2-c2cccc(OCC(=O)O)c2)N=[N+](c2ccccc2)C1c1ccccc1. The highest BCUT2D eigenvalue weighted by molar-refractivity contribution is 5.71. The van der Waals surface area contributed by atoms with Gasteiger partial charge >= 0.3 is 5.97 Å². The third-order valence-electron chi connectivity index (χ3n) is 6.74. The summed E-state index contributed by atoms with van der Waals surface area (Å²) in [7, 11) is 0. The summed E-state index contributed by atoms with van der Waals surface area (Å²) in [5, 5.41) is 14.3. The molecule has 5 heteroatoms. The van der Waals surface area contributed by atoms with E-state index in [9.17, 15) is 4.79 Å². The fourth-order valence-corrected chi connectivity index (χ4v) is 5.15. The first-order valence-corrected chi connectivity index (χ1v) is 12.3. The topological polar surface area (TPSA) is 61.9 Å². The Balaban J connectivity index is 1.60. The highest BCUT2D eigenvalue weighted by Crippen LogP contribution is 2.49. The van der Waals surface area contributed by atoms with Crippen LogP contribution in [-0.4, -0.2) is 22.4 Å². The first-order chi connectivity index (χ1) is 17.7. The number of azo groups is 2. The molecule has 0 aliphatic carbocycles. The van der Waals surface area contributed by atoms with Crippen LogP contribution in [0.15, 0.2) is 114 Å². The second kappa shape index (κ2) is 10.6. The molecule has 4 aromatic rings. The van der Waals surface area contributed by atoms with E-state index in [2.05, 4.69) is 84.4 Å². The number of aliphatic carboxylic acids is 1. The Labute approximate surface area is 211 Å². The molecular formula is C31H29N2O3+. The third-order valence-corrected chi connectivity index (χ3v) is 6.74. The van der Waals surface area contributed by atoms with E-state index in [1.54, 1.807) is 6.07 Å². The van der Waals surface area contributed by atoms with Gasteiger partial charge in [0, 0.05) is 17.7 Å². The second-order valence-corrected chi connectivity index (χ2v) is 8.97. The first-order valence-electron chi connectivity index (χ1n) is 12.3. The van der Waals surface area contributed by atoms with E-state index in [0.29, 0.717) is 5.75 Å². The molecule has 3 unspecified atom stereocenters. The number of benzene rings is 4. The van der Waals surface area contributed by atoms with Gasteiger partial charge in [-0.2, -0.15) is 0 Å². The fraction of sp³-hybridized carbons (Fsp3) is 0.194. The lowest BCUT2D eigenvalue weighted by Gasteiger charge is -2.20. The average molecular weight is 478 g/mol. The van der Waals surface area contributed by atoms with Crippen LogP contribution in [0.2, 0.25) is 0 Å². The first kappa shape index (κ1) is 23.5. The molecule has 0 saturated carbocycles. The Morgan fingerprint density at radius 3 is 2.31 bits per heavy atom. The molecular weight excluding hydrogens is 448 g/mol. The lowest BCUT2D eigenvalue weighted by atomic mass is 9.81. The quantitative estimate of drug-likeness (QED) is 0.268. The fourth-order valence-electron chi connectivity index (χ4n) is 5.15. The van der Waals surface area contributed by atoms with Gasteiger partial charge in [0.25, 0.3) is 0 Å². The molecule has 1 aliphatic rings. The molecule has 3 atom stereocenters. The van der Waals surface area contributed by atoms with Gasteiger partial charge in [-0.15, -0.1) is 0 Å². The Hall–Kier alpha value is -4.25. The van der Waals surface area contributed by atoms with Crippen LogP contribution >= 0.6 is 0 Å². The minimum atomic E-state index is -0.996. The van der Waals surface area contributed by atoms with E-state index in [0.717, 1.165) is 28.8 Å². The predicted molar refractivity (Wildman–Crippen MR) is 140 cm³/mol. The molecule has 5 rings (SSSR count). The number of nitrogens with zero attached hydrogens (tertiary/aromatic N) is 2. The maximum absolute atomic E-state index is 11.0. The lowest BCUT2D eigenvalue weighted by molar-refractivity contribution is -0.549. The molecule has 0 radical (unpaired) electrons. The van der Waals surface area contributed by atoms with Gasteiger partial charge in [-0.05, 0) is 40.4 Å². The van der Waals surface area contributed by atoms with Gasteiger partial charge in [-0.1, -0.05) is 96.6 Å². The number of carboxylic acid groups (broad SMARTS) is 1. The van der Waals surface area contributed by atoms with E-state index < -0.39 is 5.97 Å². The number of para-hydroxylation sites is 1. The number of ether oxygens (including phenoxy) is 1. The molecule has 0 aromatic heterocycles. The van der Waals surface area contributed by atoms with Gasteiger partial charge in [0.05, 0.1) is 5.92 Å². The van der Waals surface area contributed by atoms with E-state index in [1.165, 1.54) is 5.56 Å². The molecule has 4 aromatic carbocycles. The van der Waals surface area contributed by atoms with Crippen LogP contribution in [0.3, 0.4) is 0 Å². The van der Waals surface area contributed by atoms with Crippen LogP contribution in [0, 0.1) is 5.92 Å². The van der Waals surface area contributed by atoms with E-state index >= 15 is 0 Å². The van der Waals surface area contributed by atoms with Crippen LogP contribution in [0.25, 0.3) is 11.1 Å². The molecule has 0 amide bonds. The predicted octanol–water partition coefficient (Wildman–Crippen LogP) is 7.44. The van der Waals surface area contributed by atoms with Crippen LogP contribution < -0.4 is 4.74 Å². The van der Waals surface area contributed by atoms with Gasteiger partial charge in [0.15, 0.2) is 6.61 Å². The van der Waals surface area contributed by atoms with Crippen molar-refractivity contribution in [3.63, 3.8) is 0 Å². The van der Waals surface area contributed by atoms with Crippen LogP contribution in [-0.2, 0) is 4.79 Å². The van der Waals surface area contributed by atoms with Crippen molar-refractivity contribution in [1.82, 2.24) is 0 Å². The largest absolute Gasteiger partial charge is 0.482 e. The summed E-state index contributed by atoms with van der Waals surface area (Å²) in [6, 6.07) is 37.0. The van der Waals surface area contributed by atoms with Gasteiger partial charge < -0.3 is 9.84 Å². The van der Waals surface area contributed by atoms with Crippen LogP contribution in [0.5, 0.6) is 5.75 Å². The average Bonchev–Trinajstić information content (AvgIpc) is 3.32. The molecule has 180 valence electrons. The Bertz CT molecular complexity index is 1370. The number of rotatable bonds is 8. The Kier molecular flexibility index (Phi) is 6.89. The zero-order chi connectivity index (χ0) is 24.9. The number of hydrogen-bond acceptors (Lipinski definition) is 3. The summed E-state index contributed by atoms with van der Waals surface area (Å²) < 4.78 is 7.65. The molecule has 1 N–H and O–H groups in total. The molecule has 5 nitrogen and oxygen atoms in total. The third kappa shape index (κ3) is 4.78. The van der Waals surface area contributed by atoms with E-state index in [1.807, 2.05) is 30.3 Å². The van der Waals surface area contributed by atoms with Crippen molar-refractivity contribution in [1.29, 1.82) is 0 Å². The molecule has 0 fully saturated rings. The molecule has 0 spiro atoms. The normalized spacial score (nSPS) is 19.0. The maximum Gasteiger partial charge on any atom is 0.341 e. The summed E-state index contributed by atoms with van der Waals surface area (Å²) >= 11 is 0. The van der Waals surface area contributed by atoms with Crippen molar-refractivity contribution in [3.8, 4) is 16.9 Å². The van der Waals surface area contributed by atoms with Gasteiger partial charge in [-0.3, -0.25) is 0 Å².